The highest BCUT2D eigenvalue weighted by molar-refractivity contribution is 7.99. The van der Waals surface area contributed by atoms with Crippen LogP contribution in [0.5, 0.6) is 0 Å². The number of pyridine rings is 1. The number of hydrogen-bond donors (Lipinski definition) is 1. The topological polar surface area (TPSA) is 38.9 Å². The second-order valence-corrected chi connectivity index (χ2v) is 4.54. The predicted molar refractivity (Wildman–Crippen MR) is 63.9 cm³/mol. The standard InChI is InChI=1S/C12H11FN2S/c1-8-6-12(11(14)7-10(8)13)16-9-2-4-15-5-3-9/h2-7H,14H2,1H3. The highest BCUT2D eigenvalue weighted by Crippen LogP contribution is 2.33. The molecule has 0 saturated carbocycles. The zero-order chi connectivity index (χ0) is 11.5. The summed E-state index contributed by atoms with van der Waals surface area (Å²) in [6.07, 6.45) is 3.43. The monoisotopic (exact) mass is 234 g/mol. The maximum absolute atomic E-state index is 13.2. The molecule has 0 aliphatic rings. The summed E-state index contributed by atoms with van der Waals surface area (Å²) >= 11 is 1.51. The minimum absolute atomic E-state index is 0.267. The van der Waals surface area contributed by atoms with Gasteiger partial charge in [0.15, 0.2) is 0 Å². The van der Waals surface area contributed by atoms with Gasteiger partial charge in [0.1, 0.15) is 5.82 Å². The number of hydrogen-bond acceptors (Lipinski definition) is 3. The van der Waals surface area contributed by atoms with Gasteiger partial charge in [-0.05, 0) is 36.8 Å². The van der Waals surface area contributed by atoms with Crippen molar-refractivity contribution >= 4 is 17.4 Å². The first kappa shape index (κ1) is 11.0. The molecule has 0 amide bonds. The summed E-state index contributed by atoms with van der Waals surface area (Å²) in [7, 11) is 0. The summed E-state index contributed by atoms with van der Waals surface area (Å²) in [6.45, 7) is 1.73. The number of nitrogens with zero attached hydrogens (tertiary/aromatic N) is 1. The SMILES string of the molecule is Cc1cc(Sc2ccncc2)c(N)cc1F. The van der Waals surface area contributed by atoms with Gasteiger partial charge in [-0.3, -0.25) is 4.98 Å². The predicted octanol–water partition coefficient (Wildman–Crippen LogP) is 3.26. The second-order valence-electron chi connectivity index (χ2n) is 3.42. The minimum Gasteiger partial charge on any atom is -0.398 e. The average molecular weight is 234 g/mol. The minimum atomic E-state index is -0.267. The van der Waals surface area contributed by atoms with E-state index in [9.17, 15) is 4.39 Å². The molecule has 2 aromatic rings. The molecule has 1 aromatic heterocycles. The Bertz CT molecular complexity index is 500. The smallest absolute Gasteiger partial charge is 0.128 e. The van der Waals surface area contributed by atoms with E-state index in [1.165, 1.54) is 17.8 Å². The Hall–Kier alpha value is -1.55. The van der Waals surface area contributed by atoms with Crippen LogP contribution in [0.2, 0.25) is 0 Å². The van der Waals surface area contributed by atoms with E-state index in [1.54, 1.807) is 25.4 Å². The number of rotatable bonds is 2. The molecule has 0 unspecified atom stereocenters. The molecule has 1 heterocycles. The van der Waals surface area contributed by atoms with Crippen molar-refractivity contribution in [3.8, 4) is 0 Å². The molecular weight excluding hydrogens is 223 g/mol. The molecule has 4 heteroatoms. The summed E-state index contributed by atoms with van der Waals surface area (Å²) in [6, 6.07) is 6.90. The summed E-state index contributed by atoms with van der Waals surface area (Å²) in [5, 5.41) is 0. The number of nitrogens with two attached hydrogens (primary N) is 1. The molecule has 0 atom stereocenters. The summed E-state index contributed by atoms with van der Waals surface area (Å²) in [4.78, 5) is 5.84. The van der Waals surface area contributed by atoms with E-state index >= 15 is 0 Å². The van der Waals surface area contributed by atoms with Crippen LogP contribution in [0, 0.1) is 12.7 Å². The summed E-state index contributed by atoms with van der Waals surface area (Å²) in [5.41, 5.74) is 6.83. The molecule has 82 valence electrons. The molecule has 0 aliphatic heterocycles. The average Bonchev–Trinajstić information content (AvgIpc) is 2.27. The third-order valence-corrected chi connectivity index (χ3v) is 3.25. The highest BCUT2D eigenvalue weighted by atomic mass is 32.2. The molecule has 0 radical (unpaired) electrons. The van der Waals surface area contributed by atoms with Crippen molar-refractivity contribution in [3.63, 3.8) is 0 Å². The lowest BCUT2D eigenvalue weighted by Crippen LogP contribution is -1.92. The van der Waals surface area contributed by atoms with Crippen molar-refractivity contribution in [2.45, 2.75) is 16.7 Å². The molecule has 2 rings (SSSR count). The van der Waals surface area contributed by atoms with Crippen LogP contribution in [0.15, 0.2) is 46.5 Å². The van der Waals surface area contributed by atoms with Gasteiger partial charge in [-0.15, -0.1) is 0 Å². The largest absolute Gasteiger partial charge is 0.398 e. The molecule has 0 spiro atoms. The first-order valence-corrected chi connectivity index (χ1v) is 5.62. The van der Waals surface area contributed by atoms with Crippen molar-refractivity contribution in [3.05, 3.63) is 48.0 Å². The van der Waals surface area contributed by atoms with Gasteiger partial charge in [-0.2, -0.15) is 0 Å². The Morgan fingerprint density at radius 2 is 1.94 bits per heavy atom. The fraction of sp³-hybridized carbons (Fsp3) is 0.0833. The first-order chi connectivity index (χ1) is 7.66. The van der Waals surface area contributed by atoms with Gasteiger partial charge in [0.25, 0.3) is 0 Å². The Morgan fingerprint density at radius 3 is 2.62 bits per heavy atom. The third kappa shape index (κ3) is 2.33. The number of anilines is 1. The fourth-order valence-corrected chi connectivity index (χ4v) is 2.22. The van der Waals surface area contributed by atoms with Gasteiger partial charge in [0.05, 0.1) is 0 Å². The molecule has 0 aliphatic carbocycles. The van der Waals surface area contributed by atoms with Gasteiger partial charge >= 0.3 is 0 Å². The lowest BCUT2D eigenvalue weighted by molar-refractivity contribution is 0.618. The van der Waals surface area contributed by atoms with E-state index in [0.717, 1.165) is 9.79 Å². The zero-order valence-electron chi connectivity index (χ0n) is 8.77. The Morgan fingerprint density at radius 1 is 1.25 bits per heavy atom. The van der Waals surface area contributed by atoms with E-state index in [2.05, 4.69) is 4.98 Å². The van der Waals surface area contributed by atoms with Crippen molar-refractivity contribution in [1.29, 1.82) is 0 Å². The van der Waals surface area contributed by atoms with Crippen LogP contribution >= 0.6 is 11.8 Å². The summed E-state index contributed by atoms with van der Waals surface area (Å²) < 4.78 is 13.2. The van der Waals surface area contributed by atoms with Crippen molar-refractivity contribution < 1.29 is 4.39 Å². The van der Waals surface area contributed by atoms with Crippen LogP contribution in [0.4, 0.5) is 10.1 Å². The van der Waals surface area contributed by atoms with Crippen LogP contribution in [0.25, 0.3) is 0 Å². The zero-order valence-corrected chi connectivity index (χ0v) is 9.59. The van der Waals surface area contributed by atoms with E-state index in [-0.39, 0.29) is 5.82 Å². The molecule has 0 bridgehead atoms. The van der Waals surface area contributed by atoms with Crippen LogP contribution in [0.1, 0.15) is 5.56 Å². The van der Waals surface area contributed by atoms with Gasteiger partial charge in [0, 0.05) is 27.9 Å². The number of nitrogen functional groups attached to an aromatic ring is 1. The van der Waals surface area contributed by atoms with Crippen LogP contribution in [0.3, 0.4) is 0 Å². The molecule has 0 saturated heterocycles. The molecule has 2 nitrogen and oxygen atoms in total. The normalized spacial score (nSPS) is 10.4. The Kier molecular flexibility index (Phi) is 3.10. The van der Waals surface area contributed by atoms with Gasteiger partial charge in [-0.1, -0.05) is 11.8 Å². The van der Waals surface area contributed by atoms with Crippen molar-refractivity contribution in [2.75, 3.05) is 5.73 Å². The lowest BCUT2D eigenvalue weighted by Gasteiger charge is -2.07. The molecule has 1 aromatic carbocycles. The Balaban J connectivity index is 2.32. The number of halogens is 1. The van der Waals surface area contributed by atoms with Gasteiger partial charge in [0.2, 0.25) is 0 Å². The number of aromatic nitrogens is 1. The van der Waals surface area contributed by atoms with Crippen molar-refractivity contribution in [2.24, 2.45) is 0 Å². The van der Waals surface area contributed by atoms with Crippen LogP contribution < -0.4 is 5.73 Å². The molecule has 2 N–H and O–H groups in total. The quantitative estimate of drug-likeness (QED) is 0.810. The maximum Gasteiger partial charge on any atom is 0.128 e. The number of aryl methyl sites for hydroxylation is 1. The second kappa shape index (κ2) is 4.53. The molecule has 16 heavy (non-hydrogen) atoms. The van der Waals surface area contributed by atoms with Crippen molar-refractivity contribution in [1.82, 2.24) is 4.98 Å². The Labute approximate surface area is 97.7 Å². The van der Waals surface area contributed by atoms with Gasteiger partial charge in [-0.25, -0.2) is 4.39 Å². The van der Waals surface area contributed by atoms with E-state index in [1.807, 2.05) is 12.1 Å². The summed E-state index contributed by atoms with van der Waals surface area (Å²) in [5.74, 6) is -0.267. The lowest BCUT2D eigenvalue weighted by atomic mass is 10.2. The fourth-order valence-electron chi connectivity index (χ4n) is 1.29. The van der Waals surface area contributed by atoms with Crippen LogP contribution in [-0.2, 0) is 0 Å². The third-order valence-electron chi connectivity index (χ3n) is 2.17. The van der Waals surface area contributed by atoms with E-state index in [4.69, 9.17) is 5.73 Å². The van der Waals surface area contributed by atoms with E-state index < -0.39 is 0 Å². The van der Waals surface area contributed by atoms with Crippen LogP contribution in [-0.4, -0.2) is 4.98 Å². The highest BCUT2D eigenvalue weighted by Gasteiger charge is 2.06. The van der Waals surface area contributed by atoms with Gasteiger partial charge < -0.3 is 5.73 Å². The number of benzene rings is 1. The van der Waals surface area contributed by atoms with E-state index in [0.29, 0.717) is 11.3 Å². The molecular formula is C12H11FN2S. The molecule has 0 fully saturated rings. The first-order valence-electron chi connectivity index (χ1n) is 4.80. The maximum atomic E-state index is 13.2.